The zero-order valence-corrected chi connectivity index (χ0v) is 12.1. The minimum Gasteiger partial charge on any atom is -0.501 e. The van der Waals surface area contributed by atoms with Gasteiger partial charge in [0.05, 0.1) is 18.9 Å². The molecule has 0 radical (unpaired) electrons. The van der Waals surface area contributed by atoms with E-state index in [-0.39, 0.29) is 17.4 Å². The Kier molecular flexibility index (Phi) is 5.61. The first-order valence-corrected chi connectivity index (χ1v) is 6.58. The van der Waals surface area contributed by atoms with Crippen LogP contribution in [0.1, 0.15) is 39.3 Å². The summed E-state index contributed by atoms with van der Waals surface area (Å²) in [5, 5.41) is 3.03. The Morgan fingerprint density at radius 1 is 1.32 bits per heavy atom. The van der Waals surface area contributed by atoms with Crippen molar-refractivity contribution in [3.63, 3.8) is 0 Å². The lowest BCUT2D eigenvalue weighted by Crippen LogP contribution is -2.35. The van der Waals surface area contributed by atoms with E-state index in [1.807, 2.05) is 37.3 Å². The van der Waals surface area contributed by atoms with E-state index in [1.54, 1.807) is 0 Å². The van der Waals surface area contributed by atoms with Crippen molar-refractivity contribution in [2.75, 3.05) is 6.61 Å². The molecule has 3 heteroatoms. The van der Waals surface area contributed by atoms with Crippen molar-refractivity contribution in [2.45, 2.75) is 33.7 Å². The van der Waals surface area contributed by atoms with Gasteiger partial charge in [-0.25, -0.2) is 0 Å². The molecule has 0 aliphatic heterocycles. The Labute approximate surface area is 115 Å². The van der Waals surface area contributed by atoms with Gasteiger partial charge in [-0.1, -0.05) is 51.1 Å². The highest BCUT2D eigenvalue weighted by Crippen LogP contribution is 2.32. The van der Waals surface area contributed by atoms with Crippen LogP contribution in [0.4, 0.5) is 0 Å². The third-order valence-electron chi connectivity index (χ3n) is 2.77. The molecular weight excluding hydrogens is 238 g/mol. The lowest BCUT2D eigenvalue weighted by Gasteiger charge is -2.31. The molecule has 0 saturated carbocycles. The van der Waals surface area contributed by atoms with E-state index in [1.165, 1.54) is 12.3 Å². The third-order valence-corrected chi connectivity index (χ3v) is 2.77. The normalized spacial score (nSPS) is 13.3. The minimum absolute atomic E-state index is 0.0347. The van der Waals surface area contributed by atoms with Gasteiger partial charge in [0.1, 0.15) is 0 Å². The molecule has 0 bridgehead atoms. The van der Waals surface area contributed by atoms with Crippen molar-refractivity contribution in [3.05, 3.63) is 48.2 Å². The predicted molar refractivity (Wildman–Crippen MR) is 77.5 cm³/mol. The fraction of sp³-hybridized carbons (Fsp3) is 0.438. The van der Waals surface area contributed by atoms with Crippen LogP contribution >= 0.6 is 0 Å². The van der Waals surface area contributed by atoms with E-state index in [0.29, 0.717) is 6.61 Å². The standard InChI is InChI=1S/C16H23NO2/c1-5-19-12-11-14(18)17-15(16(2,3)4)13-9-7-6-8-10-13/h6-12,15H,5H2,1-4H3,(H,17,18). The maximum atomic E-state index is 11.9. The number of carbonyl (C=O) groups is 1. The molecule has 0 aliphatic rings. The third kappa shape index (κ3) is 5.16. The van der Waals surface area contributed by atoms with Crippen LogP contribution in [0.3, 0.4) is 0 Å². The largest absolute Gasteiger partial charge is 0.501 e. The number of ether oxygens (including phenoxy) is 1. The van der Waals surface area contributed by atoms with Crippen LogP contribution in [-0.2, 0) is 9.53 Å². The molecule has 0 aliphatic carbocycles. The number of hydrogen-bond donors (Lipinski definition) is 1. The molecule has 0 spiro atoms. The molecule has 0 fully saturated rings. The fourth-order valence-electron chi connectivity index (χ4n) is 1.84. The summed E-state index contributed by atoms with van der Waals surface area (Å²) in [5.74, 6) is -0.141. The summed E-state index contributed by atoms with van der Waals surface area (Å²) in [7, 11) is 0. The maximum absolute atomic E-state index is 11.9. The molecule has 1 aromatic rings. The molecule has 1 atom stereocenters. The summed E-state index contributed by atoms with van der Waals surface area (Å²) in [5.41, 5.74) is 1.05. The monoisotopic (exact) mass is 261 g/mol. The van der Waals surface area contributed by atoms with Crippen molar-refractivity contribution in [2.24, 2.45) is 5.41 Å². The van der Waals surface area contributed by atoms with Crippen molar-refractivity contribution in [3.8, 4) is 0 Å². The van der Waals surface area contributed by atoms with E-state index >= 15 is 0 Å². The number of carbonyl (C=O) groups excluding carboxylic acids is 1. The Morgan fingerprint density at radius 3 is 2.47 bits per heavy atom. The van der Waals surface area contributed by atoms with Gasteiger partial charge < -0.3 is 10.1 Å². The van der Waals surface area contributed by atoms with E-state index in [9.17, 15) is 4.79 Å². The zero-order valence-electron chi connectivity index (χ0n) is 12.1. The van der Waals surface area contributed by atoms with Crippen LogP contribution in [0.25, 0.3) is 0 Å². The first kappa shape index (κ1) is 15.3. The van der Waals surface area contributed by atoms with Gasteiger partial charge in [-0.3, -0.25) is 4.79 Å². The second-order valence-electron chi connectivity index (χ2n) is 5.48. The molecule has 104 valence electrons. The topological polar surface area (TPSA) is 38.3 Å². The second kappa shape index (κ2) is 6.98. The highest BCUT2D eigenvalue weighted by molar-refractivity contribution is 5.87. The van der Waals surface area contributed by atoms with Crippen LogP contribution in [0.15, 0.2) is 42.7 Å². The average Bonchev–Trinajstić information content (AvgIpc) is 2.36. The lowest BCUT2D eigenvalue weighted by molar-refractivity contribution is -0.118. The zero-order chi connectivity index (χ0) is 14.3. The summed E-state index contributed by atoms with van der Waals surface area (Å²) in [6.45, 7) is 8.76. The molecule has 0 saturated heterocycles. The van der Waals surface area contributed by atoms with Crippen LogP contribution in [0.2, 0.25) is 0 Å². The molecule has 1 rings (SSSR count). The molecule has 1 N–H and O–H groups in total. The van der Waals surface area contributed by atoms with Crippen molar-refractivity contribution < 1.29 is 9.53 Å². The fourth-order valence-corrected chi connectivity index (χ4v) is 1.84. The number of amides is 1. The van der Waals surface area contributed by atoms with Crippen LogP contribution in [0, 0.1) is 5.41 Å². The Balaban J connectivity index is 2.80. The SMILES string of the molecule is CCOC=CC(=O)NC(c1ccccc1)C(C)(C)C. The van der Waals surface area contributed by atoms with Crippen LogP contribution in [-0.4, -0.2) is 12.5 Å². The van der Waals surface area contributed by atoms with Crippen LogP contribution < -0.4 is 5.32 Å². The highest BCUT2D eigenvalue weighted by Gasteiger charge is 2.27. The maximum Gasteiger partial charge on any atom is 0.247 e. The van der Waals surface area contributed by atoms with E-state index in [0.717, 1.165) is 5.56 Å². The van der Waals surface area contributed by atoms with Gasteiger partial charge in [-0.15, -0.1) is 0 Å². The first-order chi connectivity index (χ1) is 8.95. The average molecular weight is 261 g/mol. The summed E-state index contributed by atoms with van der Waals surface area (Å²) in [6, 6.07) is 9.96. The molecule has 1 aromatic carbocycles. The predicted octanol–water partition coefficient (Wildman–Crippen LogP) is 3.44. The second-order valence-corrected chi connectivity index (χ2v) is 5.48. The number of benzene rings is 1. The van der Waals surface area contributed by atoms with E-state index < -0.39 is 0 Å². The Morgan fingerprint density at radius 2 is 1.95 bits per heavy atom. The Bertz CT molecular complexity index is 418. The molecule has 3 nitrogen and oxygen atoms in total. The van der Waals surface area contributed by atoms with Gasteiger partial charge in [-0.2, -0.15) is 0 Å². The molecule has 1 amide bonds. The van der Waals surface area contributed by atoms with Gasteiger partial charge in [-0.05, 0) is 17.9 Å². The van der Waals surface area contributed by atoms with Crippen molar-refractivity contribution in [1.82, 2.24) is 5.32 Å². The summed E-state index contributed by atoms with van der Waals surface area (Å²) in [4.78, 5) is 11.9. The summed E-state index contributed by atoms with van der Waals surface area (Å²) in [6.07, 6.45) is 2.85. The lowest BCUT2D eigenvalue weighted by atomic mass is 9.82. The number of nitrogens with one attached hydrogen (secondary N) is 1. The summed E-state index contributed by atoms with van der Waals surface area (Å²) >= 11 is 0. The van der Waals surface area contributed by atoms with Gasteiger partial charge in [0.15, 0.2) is 0 Å². The molecule has 0 heterocycles. The van der Waals surface area contributed by atoms with Gasteiger partial charge in [0.2, 0.25) is 5.91 Å². The van der Waals surface area contributed by atoms with E-state index in [4.69, 9.17) is 4.74 Å². The van der Waals surface area contributed by atoms with Gasteiger partial charge >= 0.3 is 0 Å². The van der Waals surface area contributed by atoms with Crippen molar-refractivity contribution in [1.29, 1.82) is 0 Å². The van der Waals surface area contributed by atoms with E-state index in [2.05, 4.69) is 26.1 Å². The molecule has 0 aromatic heterocycles. The number of hydrogen-bond acceptors (Lipinski definition) is 2. The number of rotatable bonds is 5. The minimum atomic E-state index is -0.141. The Hall–Kier alpha value is -1.77. The molecule has 19 heavy (non-hydrogen) atoms. The summed E-state index contributed by atoms with van der Waals surface area (Å²) < 4.78 is 5.04. The van der Waals surface area contributed by atoms with Gasteiger partial charge in [0.25, 0.3) is 0 Å². The van der Waals surface area contributed by atoms with Gasteiger partial charge in [0, 0.05) is 6.08 Å². The van der Waals surface area contributed by atoms with Crippen molar-refractivity contribution >= 4 is 5.91 Å². The molecular formula is C16H23NO2. The highest BCUT2D eigenvalue weighted by atomic mass is 16.5. The smallest absolute Gasteiger partial charge is 0.247 e. The first-order valence-electron chi connectivity index (χ1n) is 6.58. The quantitative estimate of drug-likeness (QED) is 0.651. The molecule has 1 unspecified atom stereocenters. The van der Waals surface area contributed by atoms with Crippen LogP contribution in [0.5, 0.6) is 0 Å².